The molecule has 0 unspecified atom stereocenters. The van der Waals surface area contributed by atoms with Crippen molar-refractivity contribution in [3.63, 3.8) is 0 Å². The summed E-state index contributed by atoms with van der Waals surface area (Å²) in [6.45, 7) is 6.48. The van der Waals surface area contributed by atoms with E-state index in [1.165, 1.54) is 23.3 Å². The van der Waals surface area contributed by atoms with Crippen molar-refractivity contribution in [2.45, 2.75) is 97.1 Å². The van der Waals surface area contributed by atoms with Crippen LogP contribution in [0.1, 0.15) is 103 Å². The van der Waals surface area contributed by atoms with Gasteiger partial charge < -0.3 is 36.9 Å². The molecule has 59 heavy (non-hydrogen) atoms. The molecule has 14 nitrogen and oxygen atoms in total. The van der Waals surface area contributed by atoms with Crippen LogP contribution < -0.4 is 32.0 Å². The summed E-state index contributed by atoms with van der Waals surface area (Å²) in [6.07, 6.45) is 3.72. The first-order valence-electron chi connectivity index (χ1n) is 20.5. The second-order valence-corrected chi connectivity index (χ2v) is 16.1. The minimum atomic E-state index is -1.20. The lowest BCUT2D eigenvalue weighted by Gasteiger charge is -2.32. The molecule has 4 atom stereocenters. The van der Waals surface area contributed by atoms with E-state index in [0.717, 1.165) is 30.7 Å². The van der Waals surface area contributed by atoms with E-state index in [1.54, 1.807) is 44.2 Å². The molecule has 1 aliphatic heterocycles. The van der Waals surface area contributed by atoms with Crippen molar-refractivity contribution in [2.75, 3.05) is 39.9 Å². The fraction of sp³-hybridized carbons (Fsp3) is 0.523. The highest BCUT2D eigenvalue weighted by atomic mass is 32.1. The molecule has 0 radical (unpaired) electrons. The average Bonchev–Trinajstić information content (AvgIpc) is 3.60. The van der Waals surface area contributed by atoms with E-state index < -0.39 is 41.5 Å². The predicted molar refractivity (Wildman–Crippen MR) is 227 cm³/mol. The largest absolute Gasteiger partial charge is 0.492 e. The molecule has 4 bridgehead atoms. The van der Waals surface area contributed by atoms with Crippen LogP contribution in [0.25, 0.3) is 11.1 Å². The van der Waals surface area contributed by atoms with Gasteiger partial charge in [-0.25, -0.2) is 4.98 Å². The monoisotopic (exact) mass is 829 g/mol. The lowest BCUT2D eigenvalue weighted by Crippen LogP contribution is -2.46. The summed E-state index contributed by atoms with van der Waals surface area (Å²) in [5.41, 5.74) is 20.5. The van der Waals surface area contributed by atoms with Crippen LogP contribution in [0.4, 0.5) is 0 Å². The zero-order valence-electron chi connectivity index (χ0n) is 34.7. The molecule has 3 aromatic rings. The van der Waals surface area contributed by atoms with Crippen molar-refractivity contribution < 1.29 is 33.4 Å². The number of hydrogen-bond donors (Lipinski definition) is 4. The molecule has 2 aromatic carbocycles. The first kappa shape index (κ1) is 46.7. The highest BCUT2D eigenvalue weighted by molar-refractivity contribution is 7.13. The van der Waals surface area contributed by atoms with Gasteiger partial charge in [-0.05, 0) is 74.5 Å². The zero-order chi connectivity index (χ0) is 43.1. The van der Waals surface area contributed by atoms with E-state index in [0.29, 0.717) is 44.3 Å². The number of ketones is 3. The number of benzene rings is 2. The number of hydrogen-bond acceptors (Lipinski definition) is 13. The first-order valence-corrected chi connectivity index (χ1v) is 21.3. The summed E-state index contributed by atoms with van der Waals surface area (Å²) in [6, 6.07) is 10.4. The van der Waals surface area contributed by atoms with Crippen molar-refractivity contribution >= 4 is 40.5 Å². The average molecular weight is 830 g/mol. The highest BCUT2D eigenvalue weighted by Gasteiger charge is 2.36. The maximum Gasteiger partial charge on any atom is 0.226 e. The zero-order valence-corrected chi connectivity index (χ0v) is 35.5. The topological polar surface area (TPSA) is 234 Å². The van der Waals surface area contributed by atoms with Gasteiger partial charge in [0, 0.05) is 68.8 Å². The van der Waals surface area contributed by atoms with Gasteiger partial charge in [-0.3, -0.25) is 24.0 Å². The number of Topliss-reactive ketones (excluding diaryl/α,β-unsaturated/α-hetero) is 3. The van der Waals surface area contributed by atoms with E-state index >= 15 is 0 Å². The second kappa shape index (κ2) is 23.0. The molecular weight excluding hydrogens is 771 g/mol. The number of likely N-dealkylation sites (N-methyl/N-ethyl adjacent to an activating group) is 1. The van der Waals surface area contributed by atoms with Crippen LogP contribution in [0.5, 0.6) is 11.5 Å². The second-order valence-electron chi connectivity index (χ2n) is 15.1. The Morgan fingerprint density at radius 3 is 2.32 bits per heavy atom. The third-order valence-electron chi connectivity index (χ3n) is 10.4. The minimum absolute atomic E-state index is 0.0201. The van der Waals surface area contributed by atoms with Gasteiger partial charge in [0.05, 0.1) is 27.7 Å². The van der Waals surface area contributed by atoms with E-state index in [4.69, 9.17) is 26.7 Å². The normalized spacial score (nSPS) is 17.3. The van der Waals surface area contributed by atoms with Gasteiger partial charge in [0.15, 0.2) is 17.3 Å². The van der Waals surface area contributed by atoms with Crippen LogP contribution in [-0.2, 0) is 32.0 Å². The number of ether oxygens (including phenoxy) is 2. The Labute approximate surface area is 351 Å². The quantitative estimate of drug-likeness (QED) is 0.0891. The predicted octanol–water partition coefficient (Wildman–Crippen LogP) is 4.77. The number of rotatable bonds is 20. The van der Waals surface area contributed by atoms with Crippen LogP contribution >= 0.6 is 11.3 Å². The summed E-state index contributed by atoms with van der Waals surface area (Å²) in [5, 5.41) is 12.9. The summed E-state index contributed by atoms with van der Waals surface area (Å²) >= 11 is 1.36. The third-order valence-corrected chi connectivity index (χ3v) is 11.7. The van der Waals surface area contributed by atoms with Crippen molar-refractivity contribution in [3.05, 3.63) is 63.1 Å². The van der Waals surface area contributed by atoms with Crippen LogP contribution in [-0.4, -0.2) is 85.0 Å². The number of aryl methyl sites for hydroxylation is 2. The first-order chi connectivity index (χ1) is 28.4. The molecule has 2 heterocycles. The fourth-order valence-electron chi connectivity index (χ4n) is 7.30. The maximum absolute atomic E-state index is 14.6. The number of carbonyl (C=O) groups is 5. The third kappa shape index (κ3) is 12.5. The Balaban J connectivity index is 1.84. The number of carbonyl (C=O) groups excluding carboxylic acids is 5. The molecule has 1 aromatic heterocycles. The van der Waals surface area contributed by atoms with Crippen molar-refractivity contribution in [2.24, 2.45) is 29.0 Å². The molecule has 0 spiro atoms. The summed E-state index contributed by atoms with van der Waals surface area (Å²) in [5.74, 6) is -2.79. The van der Waals surface area contributed by atoms with Gasteiger partial charge in [-0.2, -0.15) is 5.26 Å². The Bertz CT molecular complexity index is 1990. The summed E-state index contributed by atoms with van der Waals surface area (Å²) < 4.78 is 12.2. The van der Waals surface area contributed by atoms with Crippen LogP contribution in [0.2, 0.25) is 0 Å². The molecule has 1 aliphatic rings. The number of thiazole rings is 1. The number of amides is 2. The van der Waals surface area contributed by atoms with E-state index in [1.807, 2.05) is 12.1 Å². The summed E-state index contributed by atoms with van der Waals surface area (Å²) in [4.78, 5) is 76.7. The number of nitriles is 1. The van der Waals surface area contributed by atoms with Crippen LogP contribution in [0, 0.1) is 30.1 Å². The van der Waals surface area contributed by atoms with Gasteiger partial charge in [-0.15, -0.1) is 11.3 Å². The number of nitrogens with zero attached hydrogens (tertiary/aromatic N) is 3. The smallest absolute Gasteiger partial charge is 0.226 e. The van der Waals surface area contributed by atoms with Crippen molar-refractivity contribution in [1.82, 2.24) is 15.2 Å². The van der Waals surface area contributed by atoms with Crippen LogP contribution in [0.15, 0.2) is 36.4 Å². The molecule has 0 saturated carbocycles. The minimum Gasteiger partial charge on any atom is -0.492 e. The van der Waals surface area contributed by atoms with E-state index in [-0.39, 0.29) is 82.9 Å². The molecule has 2 amide bonds. The molecule has 0 saturated heterocycles. The Kier molecular flexibility index (Phi) is 18.2. The van der Waals surface area contributed by atoms with E-state index in [9.17, 15) is 29.2 Å². The van der Waals surface area contributed by atoms with Crippen molar-refractivity contribution in [3.8, 4) is 28.7 Å². The molecule has 7 N–H and O–H groups in total. The van der Waals surface area contributed by atoms with Gasteiger partial charge in [-0.1, -0.05) is 38.8 Å². The van der Waals surface area contributed by atoms with Gasteiger partial charge in [0.1, 0.15) is 30.8 Å². The van der Waals surface area contributed by atoms with Gasteiger partial charge in [0.25, 0.3) is 0 Å². The standard InChI is InChI=1S/C44H59N7O7S/c1-5-6-7-10-40-49-28(3)42(59-40)37(54)26-31(15-17-46)44(56)51(4)41-30-12-14-39(58-21-19-48)33(25-30)32-23-29(11-13-38(32)57-20-18-47)24-34(35(52)9-8-16-45)50-43(55)27(2)22-36(41)53/h11-14,23,25,27,31,34,41H,5-10,15,17-22,24,26,46-48H2,1-4H3,(H,50,55)/t27-,31-,34+,41+/m1/s1. The summed E-state index contributed by atoms with van der Waals surface area (Å²) in [7, 11) is 1.52. The molecule has 4 rings (SSSR count). The van der Waals surface area contributed by atoms with Crippen LogP contribution in [0.3, 0.4) is 0 Å². The molecule has 318 valence electrons. The maximum atomic E-state index is 14.6. The van der Waals surface area contributed by atoms with E-state index in [2.05, 4.69) is 17.2 Å². The number of unbranched alkanes of at least 4 members (excludes halogenated alkanes) is 2. The van der Waals surface area contributed by atoms with Gasteiger partial charge >= 0.3 is 0 Å². The van der Waals surface area contributed by atoms with Crippen molar-refractivity contribution in [1.29, 1.82) is 5.26 Å². The molecule has 0 aliphatic carbocycles. The molecule has 0 fully saturated rings. The molecular formula is C44H59N7O7S. The van der Waals surface area contributed by atoms with Gasteiger partial charge in [0.2, 0.25) is 11.8 Å². The number of nitrogens with two attached hydrogens (primary N) is 3. The Morgan fingerprint density at radius 1 is 1.00 bits per heavy atom. The number of aromatic nitrogens is 1. The lowest BCUT2D eigenvalue weighted by atomic mass is 9.88. The highest BCUT2D eigenvalue weighted by Crippen LogP contribution is 2.41. The Morgan fingerprint density at radius 2 is 1.68 bits per heavy atom. The number of fused-ring (bicyclic) bond motifs is 5. The lowest BCUT2D eigenvalue weighted by molar-refractivity contribution is -0.142. The number of nitrogens with one attached hydrogen (secondary N) is 1. The molecule has 15 heteroatoms. The SMILES string of the molecule is CCCCCc1nc(C)c(C(=O)C[C@@H](CCN)C(=O)N(C)[C@@H]2C(=O)C[C@@H](C)C(=O)N[C@H](C(=O)CCC#N)Cc3ccc(OCCN)c(c3)-c3cc2ccc3OCCN)s1. The Hall–Kier alpha value is -5.01. The fourth-order valence-corrected chi connectivity index (χ4v) is 8.36.